The Morgan fingerprint density at radius 1 is 1.17 bits per heavy atom. The molecule has 1 aromatic heterocycles. The fourth-order valence-corrected chi connectivity index (χ4v) is 1.86. The highest BCUT2D eigenvalue weighted by atomic mass is 16.7. The van der Waals surface area contributed by atoms with Gasteiger partial charge in [0.05, 0.1) is 16.8 Å². The van der Waals surface area contributed by atoms with Crippen molar-refractivity contribution in [3.63, 3.8) is 0 Å². The second-order valence-corrected chi connectivity index (χ2v) is 5.60. The van der Waals surface area contributed by atoms with E-state index in [1.807, 2.05) is 34.6 Å². The third kappa shape index (κ3) is 1.92. The molecule has 0 spiro atoms. The summed E-state index contributed by atoms with van der Waals surface area (Å²) in [4.78, 5) is 4.07. The summed E-state index contributed by atoms with van der Waals surface area (Å²) >= 11 is 0. The van der Waals surface area contributed by atoms with Crippen molar-refractivity contribution in [2.75, 3.05) is 0 Å². The average molecular weight is 244 g/mol. The van der Waals surface area contributed by atoms with Crippen molar-refractivity contribution in [3.8, 4) is 6.07 Å². The van der Waals surface area contributed by atoms with Gasteiger partial charge >= 0.3 is 7.12 Å². The molecule has 0 bridgehead atoms. The SMILES string of the molecule is Cc1c(C#N)cncc1B1OC(C)(C)C(C)(C)O1. The van der Waals surface area contributed by atoms with Crippen LogP contribution in [0, 0.1) is 18.3 Å². The molecule has 5 heteroatoms. The van der Waals surface area contributed by atoms with Gasteiger partial charge in [-0.25, -0.2) is 0 Å². The first-order valence-corrected chi connectivity index (χ1v) is 5.99. The molecule has 0 atom stereocenters. The highest BCUT2D eigenvalue weighted by Gasteiger charge is 2.52. The van der Waals surface area contributed by atoms with Crippen LogP contribution in [0.5, 0.6) is 0 Å². The summed E-state index contributed by atoms with van der Waals surface area (Å²) in [7, 11) is -0.462. The van der Waals surface area contributed by atoms with Gasteiger partial charge in [0.1, 0.15) is 6.07 Å². The van der Waals surface area contributed by atoms with Crippen molar-refractivity contribution < 1.29 is 9.31 Å². The summed E-state index contributed by atoms with van der Waals surface area (Å²) in [6, 6.07) is 2.13. The largest absolute Gasteiger partial charge is 0.496 e. The van der Waals surface area contributed by atoms with Gasteiger partial charge in [-0.2, -0.15) is 5.26 Å². The molecule has 1 aliphatic rings. The van der Waals surface area contributed by atoms with Gasteiger partial charge in [0.25, 0.3) is 0 Å². The van der Waals surface area contributed by atoms with Crippen LogP contribution in [0.15, 0.2) is 12.4 Å². The van der Waals surface area contributed by atoms with E-state index in [1.165, 1.54) is 0 Å². The van der Waals surface area contributed by atoms with Gasteiger partial charge < -0.3 is 9.31 Å². The number of rotatable bonds is 1. The lowest BCUT2D eigenvalue weighted by atomic mass is 9.76. The Balaban J connectivity index is 2.39. The molecule has 0 aromatic carbocycles. The standard InChI is InChI=1S/C13H17BN2O2/c1-9-10(6-15)7-16-8-11(9)14-17-12(2,3)13(4,5)18-14/h7-8H,1-5H3. The number of hydrogen-bond acceptors (Lipinski definition) is 4. The highest BCUT2D eigenvalue weighted by Crippen LogP contribution is 2.36. The molecule has 2 heterocycles. The minimum absolute atomic E-state index is 0.382. The molecule has 0 saturated carbocycles. The summed E-state index contributed by atoms with van der Waals surface area (Å²) in [5.41, 5.74) is 1.49. The lowest BCUT2D eigenvalue weighted by molar-refractivity contribution is 0.00578. The van der Waals surface area contributed by atoms with E-state index < -0.39 is 7.12 Å². The number of aromatic nitrogens is 1. The van der Waals surface area contributed by atoms with Crippen molar-refractivity contribution in [3.05, 3.63) is 23.5 Å². The topological polar surface area (TPSA) is 55.1 Å². The Labute approximate surface area is 108 Å². The Morgan fingerprint density at radius 2 is 1.72 bits per heavy atom. The van der Waals surface area contributed by atoms with Crippen LogP contribution in [0.4, 0.5) is 0 Å². The maximum absolute atomic E-state index is 9.02. The third-order valence-corrected chi connectivity index (χ3v) is 3.88. The van der Waals surface area contributed by atoms with E-state index in [9.17, 15) is 0 Å². The zero-order chi connectivity index (χ0) is 13.6. The zero-order valence-electron chi connectivity index (χ0n) is 11.4. The second-order valence-electron chi connectivity index (χ2n) is 5.60. The van der Waals surface area contributed by atoms with Crippen LogP contribution in [0.25, 0.3) is 0 Å². The molecule has 4 nitrogen and oxygen atoms in total. The van der Waals surface area contributed by atoms with Gasteiger partial charge in [-0.05, 0) is 40.2 Å². The van der Waals surface area contributed by atoms with E-state index in [-0.39, 0.29) is 11.2 Å². The fourth-order valence-electron chi connectivity index (χ4n) is 1.86. The monoisotopic (exact) mass is 244 g/mol. The second kappa shape index (κ2) is 4.08. The summed E-state index contributed by atoms with van der Waals surface area (Å²) in [5.74, 6) is 0. The predicted molar refractivity (Wildman–Crippen MR) is 69.4 cm³/mol. The smallest absolute Gasteiger partial charge is 0.399 e. The van der Waals surface area contributed by atoms with Crippen molar-refractivity contribution in [2.45, 2.75) is 45.8 Å². The molecule has 94 valence electrons. The minimum Gasteiger partial charge on any atom is -0.399 e. The quantitative estimate of drug-likeness (QED) is 0.703. The Kier molecular flexibility index (Phi) is 2.96. The maximum Gasteiger partial charge on any atom is 0.496 e. The third-order valence-electron chi connectivity index (χ3n) is 3.88. The van der Waals surface area contributed by atoms with Crippen LogP contribution in [0.2, 0.25) is 0 Å². The Bertz CT molecular complexity index is 504. The van der Waals surface area contributed by atoms with Gasteiger partial charge in [0, 0.05) is 17.9 Å². The lowest BCUT2D eigenvalue weighted by Gasteiger charge is -2.32. The first kappa shape index (κ1) is 13.1. The molecule has 1 aliphatic heterocycles. The van der Waals surface area contributed by atoms with Crippen LogP contribution < -0.4 is 5.46 Å². The van der Waals surface area contributed by atoms with E-state index in [2.05, 4.69) is 11.1 Å². The normalized spacial score (nSPS) is 20.8. The van der Waals surface area contributed by atoms with E-state index in [0.717, 1.165) is 11.0 Å². The average Bonchev–Trinajstić information content (AvgIpc) is 2.48. The van der Waals surface area contributed by atoms with E-state index >= 15 is 0 Å². The summed E-state index contributed by atoms with van der Waals surface area (Å²) in [6.07, 6.45) is 3.27. The Morgan fingerprint density at radius 3 is 2.22 bits per heavy atom. The molecular weight excluding hydrogens is 227 g/mol. The van der Waals surface area contributed by atoms with E-state index in [1.54, 1.807) is 12.4 Å². The van der Waals surface area contributed by atoms with Crippen molar-refractivity contribution in [1.29, 1.82) is 5.26 Å². The van der Waals surface area contributed by atoms with Crippen LogP contribution in [-0.2, 0) is 9.31 Å². The molecule has 0 unspecified atom stereocenters. The van der Waals surface area contributed by atoms with Gasteiger partial charge in [-0.1, -0.05) is 0 Å². The van der Waals surface area contributed by atoms with E-state index in [0.29, 0.717) is 5.56 Å². The van der Waals surface area contributed by atoms with Gasteiger partial charge in [0.15, 0.2) is 0 Å². The van der Waals surface area contributed by atoms with Crippen LogP contribution in [-0.4, -0.2) is 23.3 Å². The van der Waals surface area contributed by atoms with Crippen LogP contribution in [0.1, 0.15) is 38.8 Å². The summed E-state index contributed by atoms with van der Waals surface area (Å²) in [6.45, 7) is 9.90. The maximum atomic E-state index is 9.02. The van der Waals surface area contributed by atoms with Crippen molar-refractivity contribution in [2.24, 2.45) is 0 Å². The van der Waals surface area contributed by atoms with Gasteiger partial charge in [-0.3, -0.25) is 4.98 Å². The number of nitriles is 1. The van der Waals surface area contributed by atoms with Crippen molar-refractivity contribution >= 4 is 12.6 Å². The van der Waals surface area contributed by atoms with Gasteiger partial charge in [-0.15, -0.1) is 0 Å². The Hall–Kier alpha value is -1.38. The molecule has 1 aromatic rings. The first-order chi connectivity index (χ1) is 8.28. The molecule has 18 heavy (non-hydrogen) atoms. The molecule has 1 saturated heterocycles. The molecule has 1 fully saturated rings. The number of nitrogens with zero attached hydrogens (tertiary/aromatic N) is 2. The molecule has 0 N–H and O–H groups in total. The minimum atomic E-state index is -0.462. The summed E-state index contributed by atoms with van der Waals surface area (Å²) in [5, 5.41) is 9.02. The number of hydrogen-bond donors (Lipinski definition) is 0. The van der Waals surface area contributed by atoms with Crippen LogP contribution >= 0.6 is 0 Å². The molecule has 0 aliphatic carbocycles. The van der Waals surface area contributed by atoms with Crippen LogP contribution in [0.3, 0.4) is 0 Å². The fraction of sp³-hybridized carbons (Fsp3) is 0.538. The molecule has 0 radical (unpaired) electrons. The van der Waals surface area contributed by atoms with E-state index in [4.69, 9.17) is 14.6 Å². The van der Waals surface area contributed by atoms with Gasteiger partial charge in [0.2, 0.25) is 0 Å². The molecule has 2 rings (SSSR count). The molecule has 0 amide bonds. The zero-order valence-corrected chi connectivity index (χ0v) is 11.4. The molecular formula is C13H17BN2O2. The van der Waals surface area contributed by atoms with Crippen molar-refractivity contribution in [1.82, 2.24) is 4.98 Å². The summed E-state index contributed by atoms with van der Waals surface area (Å²) < 4.78 is 11.9. The highest BCUT2D eigenvalue weighted by molar-refractivity contribution is 6.62. The first-order valence-electron chi connectivity index (χ1n) is 5.99. The number of pyridine rings is 1. The lowest BCUT2D eigenvalue weighted by Crippen LogP contribution is -2.41. The predicted octanol–water partition coefficient (Wildman–Crippen LogP) is 1.56.